The average Bonchev–Trinajstić information content (AvgIpc) is 2.49. The van der Waals surface area contributed by atoms with Crippen LogP contribution >= 0.6 is 11.8 Å². The predicted molar refractivity (Wildman–Crippen MR) is 70.6 cm³/mol. The maximum absolute atomic E-state index is 12.5. The molecule has 6 heteroatoms. The SMILES string of the molecule is CC[C@@H]1CCC[C@@H]2SCC[C@H](NC(=O)O)C(=O)N12. The fraction of sp³-hybridized carbons (Fsp3) is 0.833. The molecule has 102 valence electrons. The van der Waals surface area contributed by atoms with E-state index < -0.39 is 12.1 Å². The van der Waals surface area contributed by atoms with Gasteiger partial charge in [-0.15, -0.1) is 11.8 Å². The number of carbonyl (C=O) groups is 2. The Morgan fingerprint density at radius 2 is 2.28 bits per heavy atom. The number of hydrogen-bond donors (Lipinski definition) is 2. The Kier molecular flexibility index (Phi) is 4.37. The zero-order chi connectivity index (χ0) is 13.1. The third kappa shape index (κ3) is 2.74. The summed E-state index contributed by atoms with van der Waals surface area (Å²) in [6.07, 6.45) is 3.67. The van der Waals surface area contributed by atoms with Crippen LogP contribution in [-0.4, -0.2) is 45.2 Å². The van der Waals surface area contributed by atoms with E-state index in [0.29, 0.717) is 6.42 Å². The van der Waals surface area contributed by atoms with Crippen LogP contribution in [0.2, 0.25) is 0 Å². The van der Waals surface area contributed by atoms with Crippen molar-refractivity contribution in [3.8, 4) is 0 Å². The number of nitrogens with zero attached hydrogens (tertiary/aromatic N) is 1. The highest BCUT2D eigenvalue weighted by atomic mass is 32.2. The van der Waals surface area contributed by atoms with Crippen molar-refractivity contribution < 1.29 is 14.7 Å². The van der Waals surface area contributed by atoms with Crippen LogP contribution in [0.3, 0.4) is 0 Å². The molecule has 2 amide bonds. The van der Waals surface area contributed by atoms with Crippen molar-refractivity contribution in [2.24, 2.45) is 0 Å². The van der Waals surface area contributed by atoms with E-state index in [-0.39, 0.29) is 17.3 Å². The number of nitrogens with one attached hydrogen (secondary N) is 1. The largest absolute Gasteiger partial charge is 0.465 e. The summed E-state index contributed by atoms with van der Waals surface area (Å²) in [7, 11) is 0. The summed E-state index contributed by atoms with van der Waals surface area (Å²) in [4.78, 5) is 25.2. The quantitative estimate of drug-likeness (QED) is 0.805. The molecule has 18 heavy (non-hydrogen) atoms. The summed E-state index contributed by atoms with van der Waals surface area (Å²) in [5.74, 6) is 0.813. The molecule has 2 saturated heterocycles. The molecule has 0 saturated carbocycles. The molecule has 0 aromatic rings. The van der Waals surface area contributed by atoms with Crippen molar-refractivity contribution in [3.05, 3.63) is 0 Å². The Morgan fingerprint density at radius 3 is 2.94 bits per heavy atom. The topological polar surface area (TPSA) is 69.6 Å². The molecule has 5 nitrogen and oxygen atoms in total. The van der Waals surface area contributed by atoms with Crippen molar-refractivity contribution in [1.82, 2.24) is 10.2 Å². The number of hydrogen-bond acceptors (Lipinski definition) is 3. The van der Waals surface area contributed by atoms with Gasteiger partial charge in [-0.3, -0.25) is 4.79 Å². The Bertz CT molecular complexity index is 337. The van der Waals surface area contributed by atoms with Gasteiger partial charge in [-0.2, -0.15) is 0 Å². The number of thioether (sulfide) groups is 1. The van der Waals surface area contributed by atoms with Crippen molar-refractivity contribution in [3.63, 3.8) is 0 Å². The van der Waals surface area contributed by atoms with Gasteiger partial charge in [0.1, 0.15) is 6.04 Å². The highest BCUT2D eigenvalue weighted by Gasteiger charge is 2.39. The van der Waals surface area contributed by atoms with E-state index in [1.807, 2.05) is 4.90 Å². The lowest BCUT2D eigenvalue weighted by atomic mass is 9.98. The second kappa shape index (κ2) is 5.82. The Labute approximate surface area is 111 Å². The number of amides is 2. The van der Waals surface area contributed by atoms with Crippen molar-refractivity contribution in [2.75, 3.05) is 5.75 Å². The zero-order valence-electron chi connectivity index (χ0n) is 10.6. The highest BCUT2D eigenvalue weighted by Crippen LogP contribution is 2.35. The van der Waals surface area contributed by atoms with Crippen LogP contribution in [0.15, 0.2) is 0 Å². The maximum Gasteiger partial charge on any atom is 0.405 e. The lowest BCUT2D eigenvalue weighted by molar-refractivity contribution is -0.137. The molecular weight excluding hydrogens is 252 g/mol. The standard InChI is InChI=1S/C12H20N2O3S/c1-2-8-4-3-5-10-14(8)11(15)9(6-7-18-10)13-12(16)17/h8-10,13H,2-7H2,1H3,(H,16,17)/t8-,9+,10+/m1/s1. The molecule has 2 heterocycles. The monoisotopic (exact) mass is 272 g/mol. The first-order chi connectivity index (χ1) is 8.63. The zero-order valence-corrected chi connectivity index (χ0v) is 11.4. The minimum absolute atomic E-state index is 0.0287. The fourth-order valence-electron chi connectivity index (χ4n) is 2.84. The van der Waals surface area contributed by atoms with Gasteiger partial charge in [-0.25, -0.2) is 4.79 Å². The van der Waals surface area contributed by atoms with Gasteiger partial charge in [0.15, 0.2) is 0 Å². The van der Waals surface area contributed by atoms with Gasteiger partial charge in [-0.05, 0) is 37.9 Å². The molecule has 0 radical (unpaired) electrons. The third-order valence-electron chi connectivity index (χ3n) is 3.73. The summed E-state index contributed by atoms with van der Waals surface area (Å²) in [6, 6.07) is -0.285. The fourth-order valence-corrected chi connectivity index (χ4v) is 4.25. The molecule has 0 aromatic heterocycles. The lowest BCUT2D eigenvalue weighted by Gasteiger charge is -2.41. The van der Waals surface area contributed by atoms with Crippen LogP contribution in [0, 0.1) is 0 Å². The van der Waals surface area contributed by atoms with Gasteiger partial charge in [0.2, 0.25) is 5.91 Å². The molecule has 2 fully saturated rings. The van der Waals surface area contributed by atoms with Gasteiger partial charge >= 0.3 is 6.09 Å². The maximum atomic E-state index is 12.5. The second-order valence-corrected chi connectivity index (χ2v) is 6.14. The second-order valence-electron chi connectivity index (χ2n) is 4.85. The molecule has 2 rings (SSSR count). The molecule has 2 aliphatic heterocycles. The van der Waals surface area contributed by atoms with Crippen molar-refractivity contribution in [2.45, 2.75) is 56.5 Å². The van der Waals surface area contributed by atoms with E-state index in [0.717, 1.165) is 31.4 Å². The predicted octanol–water partition coefficient (Wildman–Crippen LogP) is 1.88. The smallest absolute Gasteiger partial charge is 0.405 e. The van der Waals surface area contributed by atoms with Crippen LogP contribution < -0.4 is 5.32 Å². The van der Waals surface area contributed by atoms with Crippen LogP contribution in [0.4, 0.5) is 4.79 Å². The van der Waals surface area contributed by atoms with Gasteiger partial charge in [-0.1, -0.05) is 6.92 Å². The Hall–Kier alpha value is -0.910. The average molecular weight is 272 g/mol. The van der Waals surface area contributed by atoms with Crippen molar-refractivity contribution in [1.29, 1.82) is 0 Å². The summed E-state index contributed by atoms with van der Waals surface area (Å²) in [5, 5.41) is 11.4. The van der Waals surface area contributed by atoms with Gasteiger partial charge in [0.25, 0.3) is 0 Å². The molecule has 0 aromatic carbocycles. The molecule has 3 atom stereocenters. The minimum Gasteiger partial charge on any atom is -0.465 e. The molecule has 2 N–H and O–H groups in total. The van der Waals surface area contributed by atoms with E-state index in [1.54, 1.807) is 11.8 Å². The molecular formula is C12H20N2O3S. The summed E-state index contributed by atoms with van der Waals surface area (Å²) < 4.78 is 0. The van der Waals surface area contributed by atoms with Gasteiger partial charge < -0.3 is 15.3 Å². The summed E-state index contributed by atoms with van der Waals surface area (Å²) in [5.41, 5.74) is 0. The Morgan fingerprint density at radius 1 is 1.50 bits per heavy atom. The number of rotatable bonds is 2. The van der Waals surface area contributed by atoms with Crippen LogP contribution in [0.25, 0.3) is 0 Å². The number of fused-ring (bicyclic) bond motifs is 1. The first kappa shape index (κ1) is 13.5. The van der Waals surface area contributed by atoms with E-state index in [1.165, 1.54) is 0 Å². The Balaban J connectivity index is 2.16. The lowest BCUT2D eigenvalue weighted by Crippen LogP contribution is -2.54. The minimum atomic E-state index is -1.11. The molecule has 0 spiro atoms. The first-order valence-electron chi connectivity index (χ1n) is 6.56. The van der Waals surface area contributed by atoms with Crippen LogP contribution in [0.1, 0.15) is 39.0 Å². The van der Waals surface area contributed by atoms with E-state index in [4.69, 9.17) is 5.11 Å². The van der Waals surface area contributed by atoms with Gasteiger partial charge in [0, 0.05) is 6.04 Å². The van der Waals surface area contributed by atoms with Crippen molar-refractivity contribution >= 4 is 23.8 Å². The van der Waals surface area contributed by atoms with E-state index >= 15 is 0 Å². The number of carbonyl (C=O) groups excluding carboxylic acids is 1. The first-order valence-corrected chi connectivity index (χ1v) is 7.61. The number of piperidine rings is 1. The third-order valence-corrected chi connectivity index (χ3v) is 5.05. The highest BCUT2D eigenvalue weighted by molar-refractivity contribution is 7.99. The van der Waals surface area contributed by atoms with Crippen LogP contribution in [-0.2, 0) is 4.79 Å². The van der Waals surface area contributed by atoms with E-state index in [2.05, 4.69) is 12.2 Å². The molecule has 0 bridgehead atoms. The summed E-state index contributed by atoms with van der Waals surface area (Å²) >= 11 is 1.79. The normalized spacial score (nSPS) is 32.6. The molecule has 0 unspecified atom stereocenters. The number of carboxylic acid groups (broad SMARTS) is 1. The van der Waals surface area contributed by atoms with Crippen LogP contribution in [0.5, 0.6) is 0 Å². The van der Waals surface area contributed by atoms with E-state index in [9.17, 15) is 9.59 Å². The summed E-state index contributed by atoms with van der Waals surface area (Å²) in [6.45, 7) is 2.09. The molecule has 0 aliphatic carbocycles. The molecule has 2 aliphatic rings. The van der Waals surface area contributed by atoms with Gasteiger partial charge in [0.05, 0.1) is 5.37 Å².